The summed E-state index contributed by atoms with van der Waals surface area (Å²) in [7, 11) is 0. The van der Waals surface area contributed by atoms with E-state index < -0.39 is 0 Å². The number of rotatable bonds is 3. The molecule has 4 heteroatoms. The van der Waals surface area contributed by atoms with Crippen molar-refractivity contribution in [3.05, 3.63) is 29.1 Å². The average molecular weight is 259 g/mol. The summed E-state index contributed by atoms with van der Waals surface area (Å²) in [4.78, 5) is 5.30. The first-order valence-electron chi connectivity index (χ1n) is 6.32. The summed E-state index contributed by atoms with van der Waals surface area (Å²) in [5.74, 6) is 1.76. The molecule has 1 heterocycles. The van der Waals surface area contributed by atoms with Crippen LogP contribution in [-0.2, 0) is 6.54 Å². The Morgan fingerprint density at radius 1 is 1.39 bits per heavy atom. The topological polar surface area (TPSA) is 43.8 Å². The summed E-state index contributed by atoms with van der Waals surface area (Å²) in [5.41, 5.74) is 10.5. The van der Waals surface area contributed by atoms with E-state index in [4.69, 9.17) is 22.9 Å². The van der Waals surface area contributed by atoms with E-state index in [1.165, 1.54) is 24.0 Å². The lowest BCUT2D eigenvalue weighted by atomic mass is 10.1. The molecule has 18 heavy (non-hydrogen) atoms. The number of hydrogen-bond acceptors (Lipinski definition) is 2. The molecule has 2 aromatic rings. The van der Waals surface area contributed by atoms with E-state index in [0.717, 1.165) is 16.9 Å². The van der Waals surface area contributed by atoms with Crippen LogP contribution in [0.2, 0.25) is 0 Å². The van der Waals surface area contributed by atoms with Gasteiger partial charge in [-0.1, -0.05) is 12.2 Å². The molecular formula is C14H17N3S. The molecule has 3 nitrogen and oxygen atoms in total. The first-order chi connectivity index (χ1) is 8.56. The van der Waals surface area contributed by atoms with E-state index in [1.807, 2.05) is 0 Å². The van der Waals surface area contributed by atoms with Crippen LogP contribution in [0.3, 0.4) is 0 Å². The molecule has 0 spiro atoms. The lowest BCUT2D eigenvalue weighted by Crippen LogP contribution is -2.18. The van der Waals surface area contributed by atoms with E-state index in [2.05, 4.69) is 30.5 Å². The minimum Gasteiger partial charge on any atom is -0.392 e. The lowest BCUT2D eigenvalue weighted by Gasteiger charge is -2.08. The highest BCUT2D eigenvalue weighted by Crippen LogP contribution is 2.40. The van der Waals surface area contributed by atoms with Crippen LogP contribution in [0.4, 0.5) is 0 Å². The quantitative estimate of drug-likeness (QED) is 0.862. The molecule has 1 saturated carbocycles. The van der Waals surface area contributed by atoms with Crippen molar-refractivity contribution >= 4 is 28.2 Å². The lowest BCUT2D eigenvalue weighted by molar-refractivity contribution is 0.784. The second kappa shape index (κ2) is 4.05. The molecule has 0 radical (unpaired) electrons. The maximum absolute atomic E-state index is 5.71. The molecule has 0 bridgehead atoms. The number of benzene rings is 1. The zero-order chi connectivity index (χ0) is 12.9. The molecule has 0 unspecified atom stereocenters. The molecule has 1 aliphatic carbocycles. The van der Waals surface area contributed by atoms with E-state index in [-0.39, 0.29) is 0 Å². The van der Waals surface area contributed by atoms with Gasteiger partial charge in [-0.2, -0.15) is 0 Å². The van der Waals surface area contributed by atoms with Crippen molar-refractivity contribution in [1.29, 1.82) is 0 Å². The summed E-state index contributed by atoms with van der Waals surface area (Å²) in [6, 6.07) is 4.36. The Hall–Kier alpha value is -1.42. The summed E-state index contributed by atoms with van der Waals surface area (Å²) >= 11 is 5.06. The number of hydrogen-bond donors (Lipinski definition) is 1. The molecule has 1 aromatic heterocycles. The van der Waals surface area contributed by atoms with Crippen LogP contribution >= 0.6 is 12.2 Å². The van der Waals surface area contributed by atoms with Gasteiger partial charge in [-0.25, -0.2) is 4.98 Å². The number of aromatic nitrogens is 2. The van der Waals surface area contributed by atoms with Crippen molar-refractivity contribution in [2.75, 3.05) is 0 Å². The van der Waals surface area contributed by atoms with Gasteiger partial charge >= 0.3 is 0 Å². The molecule has 1 aliphatic rings. The fourth-order valence-electron chi connectivity index (χ4n) is 2.37. The number of imidazole rings is 1. The SMILES string of the molecule is Cc1cc2nc(C3CC3)n(CC(N)=S)c2cc1C. The van der Waals surface area contributed by atoms with Crippen LogP contribution in [0.5, 0.6) is 0 Å². The van der Waals surface area contributed by atoms with Gasteiger partial charge in [0, 0.05) is 5.92 Å². The normalized spacial score (nSPS) is 15.2. The molecule has 2 N–H and O–H groups in total. The number of fused-ring (bicyclic) bond motifs is 1. The largest absolute Gasteiger partial charge is 0.392 e. The van der Waals surface area contributed by atoms with Gasteiger partial charge in [0.2, 0.25) is 0 Å². The molecule has 0 saturated heterocycles. The highest BCUT2D eigenvalue weighted by Gasteiger charge is 2.29. The van der Waals surface area contributed by atoms with Gasteiger partial charge < -0.3 is 10.3 Å². The zero-order valence-electron chi connectivity index (χ0n) is 10.7. The number of nitrogens with two attached hydrogens (primary N) is 1. The molecule has 0 amide bonds. The van der Waals surface area contributed by atoms with E-state index in [9.17, 15) is 0 Å². The Kier molecular flexibility index (Phi) is 2.63. The van der Waals surface area contributed by atoms with Gasteiger partial charge in [0.25, 0.3) is 0 Å². The Morgan fingerprint density at radius 2 is 2.06 bits per heavy atom. The van der Waals surface area contributed by atoms with Gasteiger partial charge in [0.1, 0.15) is 5.82 Å². The maximum Gasteiger partial charge on any atom is 0.113 e. The van der Waals surface area contributed by atoms with Crippen LogP contribution in [0.25, 0.3) is 11.0 Å². The third-order valence-corrected chi connectivity index (χ3v) is 3.78. The van der Waals surface area contributed by atoms with Gasteiger partial charge in [-0.3, -0.25) is 0 Å². The molecule has 1 aromatic carbocycles. The van der Waals surface area contributed by atoms with Gasteiger partial charge in [-0.05, 0) is 49.9 Å². The minimum absolute atomic E-state index is 0.523. The first-order valence-corrected chi connectivity index (χ1v) is 6.73. The zero-order valence-corrected chi connectivity index (χ0v) is 11.5. The maximum atomic E-state index is 5.71. The Morgan fingerprint density at radius 3 is 2.67 bits per heavy atom. The fourth-order valence-corrected chi connectivity index (χ4v) is 2.50. The molecule has 0 aliphatic heterocycles. The van der Waals surface area contributed by atoms with E-state index in [1.54, 1.807) is 0 Å². The second-order valence-corrected chi connectivity index (χ2v) is 5.75. The van der Waals surface area contributed by atoms with Crippen molar-refractivity contribution in [2.45, 2.75) is 39.2 Å². The van der Waals surface area contributed by atoms with Crippen LogP contribution in [0.15, 0.2) is 12.1 Å². The van der Waals surface area contributed by atoms with Gasteiger partial charge in [0.15, 0.2) is 0 Å². The highest BCUT2D eigenvalue weighted by atomic mass is 32.1. The highest BCUT2D eigenvalue weighted by molar-refractivity contribution is 7.80. The number of thiocarbonyl (C=S) groups is 1. The molecule has 0 atom stereocenters. The summed E-state index contributed by atoms with van der Waals surface area (Å²) in [5, 5.41) is 0. The third-order valence-electron chi connectivity index (χ3n) is 3.65. The Bertz CT molecular complexity index is 638. The summed E-state index contributed by atoms with van der Waals surface area (Å²) in [6.07, 6.45) is 2.47. The predicted octanol–water partition coefficient (Wildman–Crippen LogP) is 2.82. The fraction of sp³-hybridized carbons (Fsp3) is 0.429. The smallest absolute Gasteiger partial charge is 0.113 e. The van der Waals surface area contributed by atoms with Crippen LogP contribution in [-0.4, -0.2) is 14.5 Å². The predicted molar refractivity (Wildman–Crippen MR) is 78.0 cm³/mol. The van der Waals surface area contributed by atoms with Crippen LogP contribution in [0, 0.1) is 13.8 Å². The summed E-state index contributed by atoms with van der Waals surface area (Å²) < 4.78 is 2.20. The van der Waals surface area contributed by atoms with E-state index >= 15 is 0 Å². The van der Waals surface area contributed by atoms with Crippen molar-refractivity contribution in [1.82, 2.24) is 9.55 Å². The molecule has 94 valence electrons. The second-order valence-electron chi connectivity index (χ2n) is 5.22. The summed E-state index contributed by atoms with van der Waals surface area (Å²) in [6.45, 7) is 4.85. The number of aryl methyl sites for hydroxylation is 2. The van der Waals surface area contributed by atoms with Crippen LogP contribution < -0.4 is 5.73 Å². The van der Waals surface area contributed by atoms with Crippen LogP contribution in [0.1, 0.15) is 35.7 Å². The average Bonchev–Trinajstić information content (AvgIpc) is 3.07. The van der Waals surface area contributed by atoms with Crippen molar-refractivity contribution in [3.8, 4) is 0 Å². The molecule has 1 fully saturated rings. The van der Waals surface area contributed by atoms with Crippen molar-refractivity contribution < 1.29 is 0 Å². The van der Waals surface area contributed by atoms with Crippen molar-refractivity contribution in [2.24, 2.45) is 5.73 Å². The van der Waals surface area contributed by atoms with Gasteiger partial charge in [0.05, 0.1) is 22.6 Å². The Labute approximate surface area is 112 Å². The molecular weight excluding hydrogens is 242 g/mol. The Balaban J connectivity index is 2.23. The minimum atomic E-state index is 0.523. The monoisotopic (exact) mass is 259 g/mol. The van der Waals surface area contributed by atoms with E-state index in [0.29, 0.717) is 17.5 Å². The standard InChI is InChI=1S/C14H17N3S/c1-8-5-11-12(6-9(8)2)17(7-13(15)18)14(16-11)10-3-4-10/h5-6,10H,3-4,7H2,1-2H3,(H2,15,18). The van der Waals surface area contributed by atoms with Gasteiger partial charge in [-0.15, -0.1) is 0 Å². The molecule has 3 rings (SSSR count). The van der Waals surface area contributed by atoms with Crippen molar-refractivity contribution in [3.63, 3.8) is 0 Å². The first kappa shape index (κ1) is 11.7. The number of nitrogens with zero attached hydrogens (tertiary/aromatic N) is 2. The third kappa shape index (κ3) is 1.90.